The summed E-state index contributed by atoms with van der Waals surface area (Å²) in [7, 11) is 0. The second-order valence-corrected chi connectivity index (χ2v) is 5.70. The van der Waals surface area contributed by atoms with Gasteiger partial charge in [-0.15, -0.1) is 0 Å². The number of hydrogen-bond acceptors (Lipinski definition) is 3. The van der Waals surface area contributed by atoms with Gasteiger partial charge in [-0.05, 0) is 39.0 Å². The van der Waals surface area contributed by atoms with E-state index in [4.69, 9.17) is 0 Å². The molecule has 3 nitrogen and oxygen atoms in total. The molecule has 4 heteroatoms. The van der Waals surface area contributed by atoms with Crippen molar-refractivity contribution in [3.05, 3.63) is 46.3 Å². The highest BCUT2D eigenvalue weighted by molar-refractivity contribution is 9.10. The molecular formula is C14H15BrN2O. The highest BCUT2D eigenvalue weighted by atomic mass is 79.9. The summed E-state index contributed by atoms with van der Waals surface area (Å²) in [5.74, 6) is 0.445. The molecule has 94 valence electrons. The van der Waals surface area contributed by atoms with Crippen molar-refractivity contribution < 1.29 is 5.11 Å². The van der Waals surface area contributed by atoms with E-state index in [1.807, 2.05) is 37.3 Å². The van der Waals surface area contributed by atoms with Gasteiger partial charge in [0.05, 0.1) is 5.69 Å². The van der Waals surface area contributed by atoms with Gasteiger partial charge in [0.15, 0.2) is 5.82 Å². The Balaban J connectivity index is 2.52. The normalized spacial score (nSPS) is 11.6. The lowest BCUT2D eigenvalue weighted by Gasteiger charge is -2.17. The molecule has 2 aromatic rings. The van der Waals surface area contributed by atoms with Crippen molar-refractivity contribution >= 4 is 15.9 Å². The minimum atomic E-state index is -1.03. The Morgan fingerprint density at radius 3 is 2.28 bits per heavy atom. The quantitative estimate of drug-likeness (QED) is 0.924. The van der Waals surface area contributed by atoms with E-state index >= 15 is 0 Å². The van der Waals surface area contributed by atoms with Crippen LogP contribution >= 0.6 is 15.9 Å². The number of halogens is 1. The van der Waals surface area contributed by atoms with Crippen molar-refractivity contribution in [3.63, 3.8) is 0 Å². The third-order valence-corrected chi connectivity index (χ3v) is 3.07. The zero-order chi connectivity index (χ0) is 13.3. The Morgan fingerprint density at radius 2 is 1.72 bits per heavy atom. The molecule has 1 heterocycles. The van der Waals surface area contributed by atoms with Gasteiger partial charge in [0.1, 0.15) is 5.60 Å². The molecule has 0 saturated heterocycles. The van der Waals surface area contributed by atoms with Crippen LogP contribution in [0.5, 0.6) is 0 Å². The van der Waals surface area contributed by atoms with Gasteiger partial charge < -0.3 is 5.11 Å². The van der Waals surface area contributed by atoms with Gasteiger partial charge in [0.25, 0.3) is 0 Å². The van der Waals surface area contributed by atoms with Crippen molar-refractivity contribution in [2.24, 2.45) is 0 Å². The van der Waals surface area contributed by atoms with E-state index in [2.05, 4.69) is 25.9 Å². The first-order valence-corrected chi connectivity index (χ1v) is 6.50. The summed E-state index contributed by atoms with van der Waals surface area (Å²) >= 11 is 3.41. The molecule has 1 aromatic heterocycles. The first-order valence-electron chi connectivity index (χ1n) is 5.71. The Labute approximate surface area is 115 Å². The average Bonchev–Trinajstić information content (AvgIpc) is 2.28. The van der Waals surface area contributed by atoms with Crippen LogP contribution in [0.15, 0.2) is 34.8 Å². The van der Waals surface area contributed by atoms with Crippen LogP contribution in [0.1, 0.15) is 25.4 Å². The van der Waals surface area contributed by atoms with E-state index in [0.717, 1.165) is 21.4 Å². The average molecular weight is 307 g/mol. The summed E-state index contributed by atoms with van der Waals surface area (Å²) in [6.07, 6.45) is 0. The van der Waals surface area contributed by atoms with Crippen LogP contribution in [0.4, 0.5) is 0 Å². The van der Waals surface area contributed by atoms with Crippen LogP contribution in [0.2, 0.25) is 0 Å². The van der Waals surface area contributed by atoms with Crippen molar-refractivity contribution in [1.82, 2.24) is 9.97 Å². The van der Waals surface area contributed by atoms with Crippen LogP contribution in [0.3, 0.4) is 0 Å². The van der Waals surface area contributed by atoms with Crippen molar-refractivity contribution in [2.45, 2.75) is 26.4 Å². The fraction of sp³-hybridized carbons (Fsp3) is 0.286. The second-order valence-electron chi connectivity index (χ2n) is 4.78. The number of aromatic nitrogens is 2. The molecular weight excluding hydrogens is 292 g/mol. The number of hydrogen-bond donors (Lipinski definition) is 1. The highest BCUT2D eigenvalue weighted by Gasteiger charge is 2.20. The van der Waals surface area contributed by atoms with E-state index in [-0.39, 0.29) is 0 Å². The first-order chi connectivity index (χ1) is 8.36. The van der Waals surface area contributed by atoms with Crippen LogP contribution in [-0.4, -0.2) is 15.1 Å². The van der Waals surface area contributed by atoms with E-state index in [9.17, 15) is 5.11 Å². The Hall–Kier alpha value is -1.26. The lowest BCUT2D eigenvalue weighted by molar-refractivity contribution is 0.0686. The van der Waals surface area contributed by atoms with E-state index in [0.29, 0.717) is 5.82 Å². The first kappa shape index (κ1) is 13.2. The lowest BCUT2D eigenvalue weighted by atomic mass is 10.1. The number of rotatable bonds is 2. The molecule has 1 N–H and O–H groups in total. The predicted octanol–water partition coefficient (Wildman–Crippen LogP) is 3.44. The predicted molar refractivity (Wildman–Crippen MR) is 75.1 cm³/mol. The number of aliphatic hydroxyl groups is 1. The molecule has 0 atom stereocenters. The van der Waals surface area contributed by atoms with Crippen LogP contribution in [0.25, 0.3) is 11.3 Å². The maximum absolute atomic E-state index is 10.00. The van der Waals surface area contributed by atoms with Gasteiger partial charge in [-0.25, -0.2) is 9.97 Å². The molecule has 0 radical (unpaired) electrons. The van der Waals surface area contributed by atoms with Crippen molar-refractivity contribution in [3.8, 4) is 11.3 Å². The summed E-state index contributed by atoms with van der Waals surface area (Å²) in [5, 5.41) is 10.00. The van der Waals surface area contributed by atoms with E-state index in [1.165, 1.54) is 0 Å². The van der Waals surface area contributed by atoms with Gasteiger partial charge in [-0.2, -0.15) is 0 Å². The van der Waals surface area contributed by atoms with E-state index in [1.54, 1.807) is 13.8 Å². The third kappa shape index (κ3) is 2.94. The molecule has 0 fully saturated rings. The van der Waals surface area contributed by atoms with Crippen molar-refractivity contribution in [2.75, 3.05) is 0 Å². The minimum Gasteiger partial charge on any atom is -0.382 e. The van der Waals surface area contributed by atoms with Gasteiger partial charge in [-0.1, -0.05) is 28.1 Å². The third-order valence-electron chi connectivity index (χ3n) is 2.54. The molecule has 0 saturated carbocycles. The van der Waals surface area contributed by atoms with E-state index < -0.39 is 5.60 Å². The lowest BCUT2D eigenvalue weighted by Crippen LogP contribution is -2.20. The smallest absolute Gasteiger partial charge is 0.160 e. The summed E-state index contributed by atoms with van der Waals surface area (Å²) in [4.78, 5) is 8.71. The summed E-state index contributed by atoms with van der Waals surface area (Å²) < 4.78 is 1.03. The molecule has 0 bridgehead atoms. The van der Waals surface area contributed by atoms with Gasteiger partial charge >= 0.3 is 0 Å². The molecule has 1 aromatic carbocycles. The maximum atomic E-state index is 10.00. The standard InChI is InChI=1S/C14H15BrN2O/c1-9-8-12(10-4-6-11(15)7-5-10)17-13(16-9)14(2,3)18/h4-8,18H,1-3H3. The fourth-order valence-electron chi connectivity index (χ4n) is 1.61. The zero-order valence-corrected chi connectivity index (χ0v) is 12.2. The molecule has 0 aliphatic heterocycles. The minimum absolute atomic E-state index is 0.445. The molecule has 18 heavy (non-hydrogen) atoms. The summed E-state index contributed by atoms with van der Waals surface area (Å²) in [5.41, 5.74) is 1.65. The highest BCUT2D eigenvalue weighted by Crippen LogP contribution is 2.23. The Bertz CT molecular complexity index is 559. The second kappa shape index (κ2) is 4.78. The van der Waals surface area contributed by atoms with Gasteiger partial charge in [0, 0.05) is 15.7 Å². The molecule has 0 spiro atoms. The van der Waals surface area contributed by atoms with Crippen LogP contribution in [-0.2, 0) is 5.60 Å². The molecule has 0 amide bonds. The SMILES string of the molecule is Cc1cc(-c2ccc(Br)cc2)nc(C(C)(C)O)n1. The van der Waals surface area contributed by atoms with Crippen molar-refractivity contribution in [1.29, 1.82) is 0 Å². The molecule has 0 aliphatic carbocycles. The number of benzene rings is 1. The molecule has 2 rings (SSSR count). The number of aryl methyl sites for hydroxylation is 1. The zero-order valence-electron chi connectivity index (χ0n) is 10.6. The topological polar surface area (TPSA) is 46.0 Å². The van der Waals surface area contributed by atoms with Gasteiger partial charge in [0.2, 0.25) is 0 Å². The largest absolute Gasteiger partial charge is 0.382 e. The van der Waals surface area contributed by atoms with Crippen LogP contribution in [0, 0.1) is 6.92 Å². The monoisotopic (exact) mass is 306 g/mol. The molecule has 0 unspecified atom stereocenters. The Kier molecular flexibility index (Phi) is 3.50. The maximum Gasteiger partial charge on any atom is 0.160 e. The Morgan fingerprint density at radius 1 is 1.11 bits per heavy atom. The summed E-state index contributed by atoms with van der Waals surface area (Å²) in [6, 6.07) is 9.82. The van der Waals surface area contributed by atoms with Crippen LogP contribution < -0.4 is 0 Å². The molecule has 0 aliphatic rings. The summed E-state index contributed by atoms with van der Waals surface area (Å²) in [6.45, 7) is 5.28. The van der Waals surface area contributed by atoms with Gasteiger partial charge in [-0.3, -0.25) is 0 Å². The fourth-order valence-corrected chi connectivity index (χ4v) is 1.88. The number of nitrogens with zero attached hydrogens (tertiary/aromatic N) is 2.